The number of ether oxygens (including phenoxy) is 2. The van der Waals surface area contributed by atoms with Crippen LogP contribution in [0.25, 0.3) is 10.6 Å². The smallest absolute Gasteiger partial charge is 0.162 e. The fourth-order valence-corrected chi connectivity index (χ4v) is 2.91. The number of hydrogen-bond donors (Lipinski definition) is 1. The van der Waals surface area contributed by atoms with Gasteiger partial charge in [-0.2, -0.15) is 0 Å². The van der Waals surface area contributed by atoms with E-state index in [4.69, 9.17) is 9.47 Å². The van der Waals surface area contributed by atoms with Crippen molar-refractivity contribution in [2.45, 2.75) is 19.9 Å². The second-order valence-electron chi connectivity index (χ2n) is 4.68. The summed E-state index contributed by atoms with van der Waals surface area (Å²) in [6.45, 7) is 5.25. The van der Waals surface area contributed by atoms with Gasteiger partial charge in [-0.25, -0.2) is 4.98 Å². The second-order valence-corrected chi connectivity index (χ2v) is 5.54. The second kappa shape index (κ2) is 6.24. The van der Waals surface area contributed by atoms with E-state index in [0.717, 1.165) is 47.3 Å². The van der Waals surface area contributed by atoms with Crippen molar-refractivity contribution in [3.05, 3.63) is 29.3 Å². The molecule has 5 heteroatoms. The fourth-order valence-electron chi connectivity index (χ4n) is 2.09. The molecular formula is C15H18N2O2S. The number of hydrogen-bond acceptors (Lipinski definition) is 5. The Kier molecular flexibility index (Phi) is 4.18. The number of rotatable bonds is 5. The van der Waals surface area contributed by atoms with Crippen molar-refractivity contribution >= 4 is 11.3 Å². The monoisotopic (exact) mass is 290 g/mol. The van der Waals surface area contributed by atoms with Gasteiger partial charge in [0.05, 0.1) is 5.69 Å². The van der Waals surface area contributed by atoms with E-state index in [1.165, 1.54) is 0 Å². The lowest BCUT2D eigenvalue weighted by atomic mass is 10.2. The highest BCUT2D eigenvalue weighted by Crippen LogP contribution is 2.35. The van der Waals surface area contributed by atoms with Crippen molar-refractivity contribution in [1.29, 1.82) is 0 Å². The molecule has 0 bridgehead atoms. The van der Waals surface area contributed by atoms with Gasteiger partial charge in [-0.05, 0) is 31.2 Å². The van der Waals surface area contributed by atoms with Crippen LogP contribution in [0, 0.1) is 0 Å². The molecule has 0 unspecified atom stereocenters. The summed E-state index contributed by atoms with van der Waals surface area (Å²) in [7, 11) is 0. The van der Waals surface area contributed by atoms with Crippen LogP contribution in [0.15, 0.2) is 23.6 Å². The van der Waals surface area contributed by atoms with E-state index in [2.05, 4.69) is 22.6 Å². The fraction of sp³-hybridized carbons (Fsp3) is 0.400. The molecule has 1 aromatic heterocycles. The summed E-state index contributed by atoms with van der Waals surface area (Å²) in [5, 5.41) is 6.49. The Morgan fingerprint density at radius 1 is 1.25 bits per heavy atom. The van der Waals surface area contributed by atoms with Crippen molar-refractivity contribution in [3.8, 4) is 22.1 Å². The molecule has 0 amide bonds. The van der Waals surface area contributed by atoms with E-state index in [-0.39, 0.29) is 0 Å². The zero-order valence-corrected chi connectivity index (χ0v) is 12.3. The molecule has 4 nitrogen and oxygen atoms in total. The molecule has 0 fully saturated rings. The van der Waals surface area contributed by atoms with E-state index < -0.39 is 0 Å². The van der Waals surface area contributed by atoms with Crippen LogP contribution in [-0.2, 0) is 6.54 Å². The van der Waals surface area contributed by atoms with Crippen molar-refractivity contribution in [3.63, 3.8) is 0 Å². The summed E-state index contributed by atoms with van der Waals surface area (Å²) in [6.07, 6.45) is 1.14. The average molecular weight is 290 g/mol. The molecule has 2 aromatic rings. The highest BCUT2D eigenvalue weighted by atomic mass is 32.1. The molecule has 0 saturated carbocycles. The predicted octanol–water partition coefficient (Wildman–Crippen LogP) is 3.08. The van der Waals surface area contributed by atoms with E-state index in [0.29, 0.717) is 13.2 Å². The lowest BCUT2D eigenvalue weighted by Gasteiger charge is -2.18. The molecule has 1 aromatic carbocycles. The van der Waals surface area contributed by atoms with Crippen LogP contribution in [-0.4, -0.2) is 24.7 Å². The Balaban J connectivity index is 1.75. The molecular weight excluding hydrogens is 272 g/mol. The molecule has 0 aliphatic carbocycles. The molecule has 0 atom stereocenters. The Morgan fingerprint density at radius 2 is 2.10 bits per heavy atom. The summed E-state index contributed by atoms with van der Waals surface area (Å²) in [5.41, 5.74) is 2.18. The van der Waals surface area contributed by atoms with Gasteiger partial charge in [0.2, 0.25) is 0 Å². The van der Waals surface area contributed by atoms with Gasteiger partial charge in [0.15, 0.2) is 11.5 Å². The molecule has 1 aliphatic heterocycles. The van der Waals surface area contributed by atoms with Crippen molar-refractivity contribution < 1.29 is 9.47 Å². The highest BCUT2D eigenvalue weighted by molar-refractivity contribution is 7.13. The third kappa shape index (κ3) is 2.94. The van der Waals surface area contributed by atoms with Gasteiger partial charge in [-0.15, -0.1) is 11.3 Å². The molecule has 20 heavy (non-hydrogen) atoms. The number of thiazole rings is 1. The van der Waals surface area contributed by atoms with Crippen LogP contribution < -0.4 is 14.8 Å². The quantitative estimate of drug-likeness (QED) is 0.859. The lowest BCUT2D eigenvalue weighted by molar-refractivity contribution is 0.171. The number of benzene rings is 1. The molecule has 1 aliphatic rings. The minimum Gasteiger partial charge on any atom is -0.486 e. The minimum absolute atomic E-state index is 0.612. The molecule has 1 N–H and O–H groups in total. The van der Waals surface area contributed by atoms with Gasteiger partial charge in [0.25, 0.3) is 0 Å². The first-order valence-corrected chi connectivity index (χ1v) is 7.80. The van der Waals surface area contributed by atoms with Crippen LogP contribution >= 0.6 is 11.3 Å². The minimum atomic E-state index is 0.612. The van der Waals surface area contributed by atoms with Crippen LogP contribution in [0.3, 0.4) is 0 Å². The Bertz CT molecular complexity index is 583. The van der Waals surface area contributed by atoms with Crippen LogP contribution in [0.2, 0.25) is 0 Å². The molecule has 3 rings (SSSR count). The largest absolute Gasteiger partial charge is 0.486 e. The summed E-state index contributed by atoms with van der Waals surface area (Å²) in [5.74, 6) is 1.64. The third-order valence-electron chi connectivity index (χ3n) is 3.07. The topological polar surface area (TPSA) is 43.4 Å². The van der Waals surface area contributed by atoms with Crippen molar-refractivity contribution in [1.82, 2.24) is 10.3 Å². The normalized spacial score (nSPS) is 13.4. The number of aromatic nitrogens is 1. The maximum Gasteiger partial charge on any atom is 0.162 e. The summed E-state index contributed by atoms with van der Waals surface area (Å²) >= 11 is 1.66. The number of fused-ring (bicyclic) bond motifs is 1. The first-order chi connectivity index (χ1) is 9.86. The Hall–Kier alpha value is -1.59. The number of nitrogens with zero attached hydrogens (tertiary/aromatic N) is 1. The first-order valence-electron chi connectivity index (χ1n) is 6.92. The lowest BCUT2D eigenvalue weighted by Crippen LogP contribution is -2.15. The van der Waals surface area contributed by atoms with Crippen molar-refractivity contribution in [2.75, 3.05) is 19.8 Å². The standard InChI is InChI=1S/C15H18N2O2S/c1-2-5-16-9-12-10-20-15(17-12)11-3-4-13-14(8-11)19-7-6-18-13/h3-4,8,10,16H,2,5-7,9H2,1H3. The van der Waals surface area contributed by atoms with E-state index in [9.17, 15) is 0 Å². The Morgan fingerprint density at radius 3 is 2.95 bits per heavy atom. The summed E-state index contributed by atoms with van der Waals surface area (Å²) < 4.78 is 11.1. The maximum atomic E-state index is 5.61. The SMILES string of the molecule is CCCNCc1csc(-c2ccc3c(c2)OCCO3)n1. The highest BCUT2D eigenvalue weighted by Gasteiger charge is 2.13. The molecule has 0 spiro atoms. The maximum absolute atomic E-state index is 5.61. The molecule has 2 heterocycles. The van der Waals surface area contributed by atoms with Gasteiger partial charge in [-0.3, -0.25) is 0 Å². The summed E-state index contributed by atoms with van der Waals surface area (Å²) in [6, 6.07) is 6.01. The van der Waals surface area contributed by atoms with Crippen LogP contribution in [0.1, 0.15) is 19.0 Å². The van der Waals surface area contributed by atoms with Crippen LogP contribution in [0.4, 0.5) is 0 Å². The van der Waals surface area contributed by atoms with Gasteiger partial charge >= 0.3 is 0 Å². The van der Waals surface area contributed by atoms with Gasteiger partial charge in [0, 0.05) is 17.5 Å². The van der Waals surface area contributed by atoms with Crippen molar-refractivity contribution in [2.24, 2.45) is 0 Å². The Labute approximate surface area is 122 Å². The first kappa shape index (κ1) is 13.4. The van der Waals surface area contributed by atoms with Gasteiger partial charge < -0.3 is 14.8 Å². The van der Waals surface area contributed by atoms with E-state index >= 15 is 0 Å². The molecule has 0 radical (unpaired) electrons. The van der Waals surface area contributed by atoms with Gasteiger partial charge in [0.1, 0.15) is 18.2 Å². The zero-order valence-electron chi connectivity index (χ0n) is 11.5. The zero-order chi connectivity index (χ0) is 13.8. The molecule has 0 saturated heterocycles. The van der Waals surface area contributed by atoms with E-state index in [1.54, 1.807) is 11.3 Å². The third-order valence-corrected chi connectivity index (χ3v) is 4.01. The predicted molar refractivity (Wildman–Crippen MR) is 80.5 cm³/mol. The summed E-state index contributed by atoms with van der Waals surface area (Å²) in [4.78, 5) is 4.66. The number of nitrogens with one attached hydrogen (secondary N) is 1. The van der Waals surface area contributed by atoms with E-state index in [1.807, 2.05) is 18.2 Å². The molecule has 106 valence electrons. The average Bonchev–Trinajstić information content (AvgIpc) is 2.96. The van der Waals surface area contributed by atoms with Crippen LogP contribution in [0.5, 0.6) is 11.5 Å². The van der Waals surface area contributed by atoms with Gasteiger partial charge in [-0.1, -0.05) is 6.92 Å².